The first kappa shape index (κ1) is 21.8. The van der Waals surface area contributed by atoms with Gasteiger partial charge in [0.25, 0.3) is 5.56 Å². The Hall–Kier alpha value is -3.40. The second kappa shape index (κ2) is 10.3. The van der Waals surface area contributed by atoms with E-state index in [2.05, 4.69) is 51.0 Å². The quantitative estimate of drug-likeness (QED) is 0.525. The predicted molar refractivity (Wildman–Crippen MR) is 123 cm³/mol. The van der Waals surface area contributed by atoms with Crippen LogP contribution in [0.15, 0.2) is 59.7 Å². The third kappa shape index (κ3) is 5.44. The minimum absolute atomic E-state index is 0.122. The van der Waals surface area contributed by atoms with E-state index in [-0.39, 0.29) is 24.6 Å². The molecule has 6 heteroatoms. The van der Waals surface area contributed by atoms with Crippen molar-refractivity contribution in [2.75, 3.05) is 19.7 Å². The fraction of sp³-hybridized carbons (Fsp3) is 0.308. The zero-order valence-corrected chi connectivity index (χ0v) is 17.9. The number of aromatic nitrogens is 2. The average Bonchev–Trinajstić information content (AvgIpc) is 3.33. The topological polar surface area (TPSA) is 89.5 Å². The molecule has 6 nitrogen and oxygen atoms in total. The molecule has 1 aromatic heterocycles. The van der Waals surface area contributed by atoms with Gasteiger partial charge in [-0.3, -0.25) is 9.69 Å². The number of aliphatic hydroxyl groups is 1. The van der Waals surface area contributed by atoms with Crippen LogP contribution in [0.4, 0.5) is 0 Å². The van der Waals surface area contributed by atoms with E-state index in [0.717, 1.165) is 23.2 Å². The Kier molecular flexibility index (Phi) is 7.00. The second-order valence-electron chi connectivity index (χ2n) is 8.16. The molecule has 3 N–H and O–H groups in total. The molecule has 0 aliphatic carbocycles. The molecule has 1 fully saturated rings. The number of aromatic hydroxyl groups is 1. The summed E-state index contributed by atoms with van der Waals surface area (Å²) in [7, 11) is 0. The number of likely N-dealkylation sites (tertiary alicyclic amines) is 1. The SMILES string of the molecule is O=c1[nH]cnc(CC(CO)c2ccc(C#Cc3ccc(CN4CCCC4)cc3)cc2)c1O. The van der Waals surface area contributed by atoms with Gasteiger partial charge < -0.3 is 15.2 Å². The molecule has 2 aromatic carbocycles. The Morgan fingerprint density at radius 1 is 1.00 bits per heavy atom. The van der Waals surface area contributed by atoms with Gasteiger partial charge in [-0.25, -0.2) is 4.98 Å². The Bertz CT molecular complexity index is 1150. The highest BCUT2D eigenvalue weighted by Gasteiger charge is 2.16. The molecular formula is C26H27N3O3. The Balaban J connectivity index is 1.40. The van der Waals surface area contributed by atoms with Crippen LogP contribution in [0.3, 0.4) is 0 Å². The van der Waals surface area contributed by atoms with Gasteiger partial charge in [-0.1, -0.05) is 36.1 Å². The van der Waals surface area contributed by atoms with E-state index >= 15 is 0 Å². The van der Waals surface area contributed by atoms with Gasteiger partial charge in [0.1, 0.15) is 0 Å². The minimum Gasteiger partial charge on any atom is -0.502 e. The van der Waals surface area contributed by atoms with Crippen molar-refractivity contribution >= 4 is 0 Å². The zero-order chi connectivity index (χ0) is 22.3. The van der Waals surface area contributed by atoms with Gasteiger partial charge in [0.15, 0.2) is 0 Å². The maximum absolute atomic E-state index is 11.6. The highest BCUT2D eigenvalue weighted by Crippen LogP contribution is 2.22. The normalized spacial score (nSPS) is 14.7. The fourth-order valence-corrected chi connectivity index (χ4v) is 3.98. The van der Waals surface area contributed by atoms with Gasteiger partial charge in [-0.05, 0) is 61.3 Å². The molecule has 164 valence electrons. The summed E-state index contributed by atoms with van der Waals surface area (Å²) in [5.41, 5.74) is 3.75. The van der Waals surface area contributed by atoms with Crippen molar-refractivity contribution in [2.45, 2.75) is 31.7 Å². The molecule has 0 bridgehead atoms. The molecule has 4 rings (SSSR count). The maximum atomic E-state index is 11.6. The highest BCUT2D eigenvalue weighted by molar-refractivity contribution is 5.44. The molecule has 1 aliphatic heterocycles. The first-order valence-corrected chi connectivity index (χ1v) is 10.9. The van der Waals surface area contributed by atoms with Gasteiger partial charge in [-0.15, -0.1) is 0 Å². The van der Waals surface area contributed by atoms with Crippen molar-refractivity contribution in [1.29, 1.82) is 0 Å². The third-order valence-electron chi connectivity index (χ3n) is 5.86. The van der Waals surface area contributed by atoms with Gasteiger partial charge in [0.2, 0.25) is 5.75 Å². The summed E-state index contributed by atoms with van der Waals surface area (Å²) in [5.74, 6) is 5.71. The molecule has 3 aromatic rings. The molecule has 2 heterocycles. The maximum Gasteiger partial charge on any atom is 0.293 e. The Morgan fingerprint density at radius 2 is 1.62 bits per heavy atom. The van der Waals surface area contributed by atoms with Crippen LogP contribution in [0.2, 0.25) is 0 Å². The van der Waals surface area contributed by atoms with E-state index < -0.39 is 11.3 Å². The molecule has 0 amide bonds. The Morgan fingerprint density at radius 3 is 2.25 bits per heavy atom. The number of nitrogens with one attached hydrogen (secondary N) is 1. The van der Waals surface area contributed by atoms with Gasteiger partial charge in [0.05, 0.1) is 18.6 Å². The van der Waals surface area contributed by atoms with Crippen LogP contribution in [0.5, 0.6) is 5.75 Å². The van der Waals surface area contributed by atoms with Crippen LogP contribution in [-0.4, -0.2) is 44.8 Å². The molecular weight excluding hydrogens is 402 g/mol. The van der Waals surface area contributed by atoms with Crippen molar-refractivity contribution in [3.8, 4) is 17.6 Å². The van der Waals surface area contributed by atoms with Crippen LogP contribution in [0.1, 0.15) is 46.7 Å². The van der Waals surface area contributed by atoms with Crippen LogP contribution in [-0.2, 0) is 13.0 Å². The molecule has 1 unspecified atom stereocenters. The van der Waals surface area contributed by atoms with E-state index in [4.69, 9.17) is 0 Å². The summed E-state index contributed by atoms with van der Waals surface area (Å²) in [5, 5.41) is 19.7. The van der Waals surface area contributed by atoms with E-state index in [1.807, 2.05) is 24.3 Å². The zero-order valence-electron chi connectivity index (χ0n) is 17.9. The van der Waals surface area contributed by atoms with Crippen molar-refractivity contribution in [3.05, 3.63) is 93.2 Å². The first-order valence-electron chi connectivity index (χ1n) is 10.9. The number of H-pyrrole nitrogens is 1. The molecule has 0 saturated carbocycles. The van der Waals surface area contributed by atoms with Crippen LogP contribution in [0.25, 0.3) is 0 Å². The molecule has 1 atom stereocenters. The van der Waals surface area contributed by atoms with Gasteiger partial charge >= 0.3 is 0 Å². The number of aromatic amines is 1. The lowest BCUT2D eigenvalue weighted by molar-refractivity contribution is 0.263. The first-order chi connectivity index (χ1) is 15.6. The van der Waals surface area contributed by atoms with E-state index in [1.54, 1.807) is 0 Å². The molecule has 0 spiro atoms. The van der Waals surface area contributed by atoms with Crippen LogP contribution in [0, 0.1) is 11.8 Å². The summed E-state index contributed by atoms with van der Waals surface area (Å²) < 4.78 is 0. The lowest BCUT2D eigenvalue weighted by Gasteiger charge is -2.14. The monoisotopic (exact) mass is 429 g/mol. The number of aliphatic hydroxyl groups excluding tert-OH is 1. The van der Waals surface area contributed by atoms with Gasteiger partial charge in [0, 0.05) is 30.0 Å². The van der Waals surface area contributed by atoms with Crippen molar-refractivity contribution in [2.24, 2.45) is 0 Å². The molecule has 1 saturated heterocycles. The smallest absolute Gasteiger partial charge is 0.293 e. The van der Waals surface area contributed by atoms with Gasteiger partial charge in [-0.2, -0.15) is 0 Å². The molecule has 32 heavy (non-hydrogen) atoms. The summed E-state index contributed by atoms with van der Waals surface area (Å²) in [4.78, 5) is 20.4. The summed E-state index contributed by atoms with van der Waals surface area (Å²) >= 11 is 0. The number of hydrogen-bond donors (Lipinski definition) is 3. The number of benzene rings is 2. The lowest BCUT2D eigenvalue weighted by atomic mass is 9.94. The van der Waals surface area contributed by atoms with Crippen molar-refractivity contribution in [3.63, 3.8) is 0 Å². The summed E-state index contributed by atoms with van der Waals surface area (Å²) in [6.45, 7) is 3.26. The third-order valence-corrected chi connectivity index (χ3v) is 5.86. The number of nitrogens with zero attached hydrogens (tertiary/aromatic N) is 2. The molecule has 0 radical (unpaired) electrons. The predicted octanol–water partition coefficient (Wildman–Crippen LogP) is 2.79. The van der Waals surface area contributed by atoms with E-state index in [1.165, 1.54) is 37.8 Å². The highest BCUT2D eigenvalue weighted by atomic mass is 16.3. The Labute approximate surface area is 187 Å². The second-order valence-corrected chi connectivity index (χ2v) is 8.16. The fourth-order valence-electron chi connectivity index (χ4n) is 3.98. The summed E-state index contributed by atoms with van der Waals surface area (Å²) in [6, 6.07) is 16.1. The number of rotatable bonds is 6. The minimum atomic E-state index is -0.582. The molecule has 1 aliphatic rings. The largest absolute Gasteiger partial charge is 0.502 e. The average molecular weight is 430 g/mol. The lowest BCUT2D eigenvalue weighted by Crippen LogP contribution is -2.18. The summed E-state index contributed by atoms with van der Waals surface area (Å²) in [6.07, 6.45) is 4.12. The van der Waals surface area contributed by atoms with Crippen molar-refractivity contribution in [1.82, 2.24) is 14.9 Å². The van der Waals surface area contributed by atoms with Crippen LogP contribution < -0.4 is 5.56 Å². The van der Waals surface area contributed by atoms with E-state index in [0.29, 0.717) is 0 Å². The van der Waals surface area contributed by atoms with Crippen LogP contribution >= 0.6 is 0 Å². The van der Waals surface area contributed by atoms with E-state index in [9.17, 15) is 15.0 Å². The standard InChI is InChI=1S/C26H27N3O3/c30-17-23(15-24-25(31)26(32)28-18-27-24)22-11-9-20(10-12-22)4-3-19-5-7-21(8-6-19)16-29-13-1-2-14-29/h5-12,18,23,30-31H,1-2,13-17H2,(H,27,28,32). The number of hydrogen-bond acceptors (Lipinski definition) is 5. The van der Waals surface area contributed by atoms with Crippen molar-refractivity contribution < 1.29 is 10.2 Å².